The Balaban J connectivity index is 4.93. The van der Waals surface area contributed by atoms with Gasteiger partial charge in [0.2, 0.25) is 6.54 Å². The summed E-state index contributed by atoms with van der Waals surface area (Å²) in [5.74, 6) is -3.48. The molecule has 1 atom stereocenters. The summed E-state index contributed by atoms with van der Waals surface area (Å²) in [5.41, 5.74) is 0. The SMILES string of the molecule is CCCCC[C@H](C[N+](=O)[O-])C(C(=O)OC)C(=O)OC. The van der Waals surface area contributed by atoms with E-state index in [0.717, 1.165) is 33.5 Å². The van der Waals surface area contributed by atoms with Crippen molar-refractivity contribution in [3.05, 3.63) is 10.1 Å². The summed E-state index contributed by atoms with van der Waals surface area (Å²) in [6.07, 6.45) is 2.98. The molecule has 0 bridgehead atoms. The second-order valence-corrected chi connectivity index (χ2v) is 4.30. The molecular weight excluding hydrogens is 254 g/mol. The van der Waals surface area contributed by atoms with E-state index >= 15 is 0 Å². The molecule has 0 spiro atoms. The molecule has 0 rings (SSSR count). The van der Waals surface area contributed by atoms with Crippen molar-refractivity contribution >= 4 is 11.9 Å². The van der Waals surface area contributed by atoms with Crippen molar-refractivity contribution in [1.82, 2.24) is 0 Å². The van der Waals surface area contributed by atoms with Gasteiger partial charge in [-0.3, -0.25) is 19.7 Å². The minimum absolute atomic E-state index is 0.420. The first-order valence-electron chi connectivity index (χ1n) is 6.25. The van der Waals surface area contributed by atoms with E-state index in [2.05, 4.69) is 9.47 Å². The minimum Gasteiger partial charge on any atom is -0.468 e. The number of methoxy groups -OCH3 is 2. The Hall–Kier alpha value is -1.66. The zero-order valence-electron chi connectivity index (χ0n) is 11.6. The van der Waals surface area contributed by atoms with Crippen LogP contribution < -0.4 is 0 Å². The summed E-state index contributed by atoms with van der Waals surface area (Å²) in [6.45, 7) is 1.55. The fraction of sp³-hybridized carbons (Fsp3) is 0.833. The lowest BCUT2D eigenvalue weighted by atomic mass is 9.87. The first-order valence-corrected chi connectivity index (χ1v) is 6.25. The predicted molar refractivity (Wildman–Crippen MR) is 67.0 cm³/mol. The maximum absolute atomic E-state index is 11.6. The van der Waals surface area contributed by atoms with Crippen molar-refractivity contribution in [2.75, 3.05) is 20.8 Å². The molecule has 19 heavy (non-hydrogen) atoms. The van der Waals surface area contributed by atoms with E-state index in [1.54, 1.807) is 0 Å². The topological polar surface area (TPSA) is 95.7 Å². The molecule has 0 saturated carbocycles. The molecule has 0 amide bonds. The van der Waals surface area contributed by atoms with Gasteiger partial charge in [-0.05, 0) is 6.42 Å². The summed E-state index contributed by atoms with van der Waals surface area (Å²) in [7, 11) is 2.29. The highest BCUT2D eigenvalue weighted by molar-refractivity contribution is 5.95. The van der Waals surface area contributed by atoms with Crippen LogP contribution in [0, 0.1) is 22.0 Å². The van der Waals surface area contributed by atoms with Gasteiger partial charge in [-0.25, -0.2) is 0 Å². The van der Waals surface area contributed by atoms with E-state index in [1.165, 1.54) is 0 Å². The summed E-state index contributed by atoms with van der Waals surface area (Å²) in [6, 6.07) is 0. The third-order valence-electron chi connectivity index (χ3n) is 2.94. The summed E-state index contributed by atoms with van der Waals surface area (Å²) in [4.78, 5) is 33.4. The van der Waals surface area contributed by atoms with Crippen molar-refractivity contribution in [3.63, 3.8) is 0 Å². The van der Waals surface area contributed by atoms with Gasteiger partial charge < -0.3 is 9.47 Å². The number of hydrogen-bond donors (Lipinski definition) is 0. The van der Waals surface area contributed by atoms with Gasteiger partial charge >= 0.3 is 11.9 Å². The van der Waals surface area contributed by atoms with Crippen LogP contribution in [0.5, 0.6) is 0 Å². The molecule has 0 saturated heterocycles. The molecule has 0 N–H and O–H groups in total. The van der Waals surface area contributed by atoms with Gasteiger partial charge in [0.25, 0.3) is 0 Å². The van der Waals surface area contributed by atoms with Crippen LogP contribution in [0.25, 0.3) is 0 Å². The normalized spacial score (nSPS) is 12.0. The number of hydrogen-bond acceptors (Lipinski definition) is 6. The Morgan fingerprint density at radius 1 is 1.16 bits per heavy atom. The second kappa shape index (κ2) is 9.29. The number of esters is 2. The molecule has 0 unspecified atom stereocenters. The van der Waals surface area contributed by atoms with E-state index in [1.807, 2.05) is 6.92 Å². The predicted octanol–water partition coefficient (Wildman–Crippen LogP) is 1.42. The number of rotatable bonds is 9. The first-order chi connectivity index (χ1) is 8.97. The average Bonchev–Trinajstić information content (AvgIpc) is 2.37. The van der Waals surface area contributed by atoms with E-state index in [4.69, 9.17) is 0 Å². The average molecular weight is 275 g/mol. The number of carbonyl (C=O) groups is 2. The highest BCUT2D eigenvalue weighted by atomic mass is 16.6. The summed E-state index contributed by atoms with van der Waals surface area (Å²) >= 11 is 0. The van der Waals surface area contributed by atoms with Crippen molar-refractivity contribution in [2.45, 2.75) is 32.6 Å². The van der Waals surface area contributed by atoms with E-state index < -0.39 is 35.2 Å². The molecule has 0 aliphatic rings. The molecule has 0 aromatic carbocycles. The third-order valence-corrected chi connectivity index (χ3v) is 2.94. The Bertz CT molecular complexity index is 301. The summed E-state index contributed by atoms with van der Waals surface area (Å²) < 4.78 is 9.08. The maximum atomic E-state index is 11.6. The molecule has 7 heteroatoms. The summed E-state index contributed by atoms with van der Waals surface area (Å²) in [5, 5.41) is 10.7. The minimum atomic E-state index is -1.22. The van der Waals surface area contributed by atoms with Gasteiger partial charge in [0.15, 0.2) is 5.92 Å². The van der Waals surface area contributed by atoms with Gasteiger partial charge in [-0.15, -0.1) is 0 Å². The fourth-order valence-electron chi connectivity index (χ4n) is 1.95. The second-order valence-electron chi connectivity index (χ2n) is 4.30. The Morgan fingerprint density at radius 2 is 1.68 bits per heavy atom. The van der Waals surface area contributed by atoms with Crippen LogP contribution in [0.4, 0.5) is 0 Å². The molecule has 0 aliphatic heterocycles. The Labute approximate surface area is 112 Å². The van der Waals surface area contributed by atoms with Crippen LogP contribution in [0.2, 0.25) is 0 Å². The fourth-order valence-corrected chi connectivity index (χ4v) is 1.95. The standard InChI is InChI=1S/C12H21NO6/c1-4-5-6-7-9(8-13(16)17)10(11(14)18-2)12(15)19-3/h9-10H,4-8H2,1-3H3/t9-/m1/s1. The highest BCUT2D eigenvalue weighted by Gasteiger charge is 2.39. The lowest BCUT2D eigenvalue weighted by Gasteiger charge is -2.20. The van der Waals surface area contributed by atoms with Gasteiger partial charge in [0.1, 0.15) is 0 Å². The van der Waals surface area contributed by atoms with Crippen molar-refractivity contribution in [2.24, 2.45) is 11.8 Å². The zero-order chi connectivity index (χ0) is 14.8. The van der Waals surface area contributed by atoms with Gasteiger partial charge in [0.05, 0.1) is 14.2 Å². The van der Waals surface area contributed by atoms with Crippen LogP contribution >= 0.6 is 0 Å². The molecule has 7 nitrogen and oxygen atoms in total. The molecule has 0 fully saturated rings. The third kappa shape index (κ3) is 6.17. The maximum Gasteiger partial charge on any atom is 0.320 e. The van der Waals surface area contributed by atoms with Crippen LogP contribution in [0.1, 0.15) is 32.6 Å². The zero-order valence-corrected chi connectivity index (χ0v) is 11.6. The van der Waals surface area contributed by atoms with Crippen LogP contribution in [0.3, 0.4) is 0 Å². The first kappa shape index (κ1) is 17.3. The van der Waals surface area contributed by atoms with Gasteiger partial charge in [-0.2, -0.15) is 0 Å². The Morgan fingerprint density at radius 3 is 2.05 bits per heavy atom. The lowest BCUT2D eigenvalue weighted by Crippen LogP contribution is -2.36. The van der Waals surface area contributed by atoms with Crippen molar-refractivity contribution in [3.8, 4) is 0 Å². The lowest BCUT2D eigenvalue weighted by molar-refractivity contribution is -0.489. The van der Waals surface area contributed by atoms with Crippen molar-refractivity contribution in [1.29, 1.82) is 0 Å². The largest absolute Gasteiger partial charge is 0.468 e. The smallest absolute Gasteiger partial charge is 0.320 e. The number of carbonyl (C=O) groups excluding carboxylic acids is 2. The van der Waals surface area contributed by atoms with E-state index in [0.29, 0.717) is 6.42 Å². The molecule has 0 radical (unpaired) electrons. The van der Waals surface area contributed by atoms with E-state index in [-0.39, 0.29) is 0 Å². The molecular formula is C12H21NO6. The number of nitrogens with zero attached hydrogens (tertiary/aromatic N) is 1. The number of ether oxygens (including phenoxy) is 2. The monoisotopic (exact) mass is 275 g/mol. The Kier molecular flexibility index (Phi) is 8.48. The van der Waals surface area contributed by atoms with Crippen LogP contribution in [0.15, 0.2) is 0 Å². The molecule has 0 heterocycles. The van der Waals surface area contributed by atoms with Crippen LogP contribution in [-0.2, 0) is 19.1 Å². The molecule has 0 aromatic rings. The van der Waals surface area contributed by atoms with E-state index in [9.17, 15) is 19.7 Å². The van der Waals surface area contributed by atoms with Crippen LogP contribution in [-0.4, -0.2) is 37.6 Å². The molecule has 0 aromatic heterocycles. The number of nitro groups is 1. The van der Waals surface area contributed by atoms with Gasteiger partial charge in [-0.1, -0.05) is 26.2 Å². The number of unbranched alkanes of at least 4 members (excludes halogenated alkanes) is 2. The van der Waals surface area contributed by atoms with Crippen molar-refractivity contribution < 1.29 is 24.0 Å². The molecule has 0 aliphatic carbocycles. The molecule has 110 valence electrons. The highest BCUT2D eigenvalue weighted by Crippen LogP contribution is 2.22. The quantitative estimate of drug-likeness (QED) is 0.207. The van der Waals surface area contributed by atoms with Gasteiger partial charge in [0, 0.05) is 10.8 Å².